The van der Waals surface area contributed by atoms with Crippen molar-refractivity contribution in [3.63, 3.8) is 0 Å². The number of amides is 8. The molecule has 24 heteroatoms. The molecule has 0 saturated heterocycles. The van der Waals surface area contributed by atoms with Gasteiger partial charge in [-0.2, -0.15) is 0 Å². The standard InChI is InChI=1S/C74H100N12O12/c1-17-47(6)61(70(94)96-16)83-63(87)48(7)77-67(91)59(45(2)3)81-65(89)56(38-50-30-22-18-23-31-50)78-64(88)57(40-55-42-86(44-76-55)74(51-32-24-19-25-33-51,52-34-26-20-27-35-52)53-36-28-21-29-37-53)79-68(92)60(46(4)5)82-69(93)62(49(8)97-72(9,10)11)84-66(90)58(39-54-41-85(15)43-75-54)80-71(95)98-73(12,13)14/h18-37,41-49,56-62H,17,38-40H2,1-16H3,(H,77,91)(H,78,88)(H,79,92)(H,80,95)(H,81,89)(H,82,93)(H,83,87)(H,84,90)/t47-,48-,49+,56+,57-,58-,59+,60+,61-,62-/m0/s1. The maximum absolute atomic E-state index is 15.6. The van der Waals surface area contributed by atoms with Crippen molar-refractivity contribution < 1.29 is 57.4 Å². The van der Waals surface area contributed by atoms with Crippen LogP contribution >= 0.6 is 0 Å². The van der Waals surface area contributed by atoms with Gasteiger partial charge in [-0.1, -0.05) is 169 Å². The fourth-order valence-corrected chi connectivity index (χ4v) is 11.4. The van der Waals surface area contributed by atoms with Crippen LogP contribution in [-0.4, -0.2) is 145 Å². The number of methoxy groups -OCH3 is 1. The summed E-state index contributed by atoms with van der Waals surface area (Å²) in [7, 11) is 2.97. The van der Waals surface area contributed by atoms with Crippen LogP contribution in [0.1, 0.15) is 137 Å². The first kappa shape index (κ1) is 77.3. The van der Waals surface area contributed by atoms with E-state index in [1.807, 2.05) is 102 Å². The van der Waals surface area contributed by atoms with Crippen molar-refractivity contribution in [2.24, 2.45) is 24.8 Å². The second kappa shape index (κ2) is 35.0. The van der Waals surface area contributed by atoms with Gasteiger partial charge in [0.1, 0.15) is 59.5 Å². The quantitative estimate of drug-likeness (QED) is 0.0165. The third-order valence-corrected chi connectivity index (χ3v) is 16.5. The highest BCUT2D eigenvalue weighted by Gasteiger charge is 2.42. The van der Waals surface area contributed by atoms with Crippen molar-refractivity contribution in [2.75, 3.05) is 7.11 Å². The Kier molecular flexibility index (Phi) is 27.6. The van der Waals surface area contributed by atoms with Crippen molar-refractivity contribution in [2.45, 2.75) is 194 Å². The van der Waals surface area contributed by atoms with Crippen molar-refractivity contribution in [3.8, 4) is 0 Å². The highest BCUT2D eigenvalue weighted by atomic mass is 16.6. The van der Waals surface area contributed by atoms with E-state index in [2.05, 4.69) is 47.5 Å². The van der Waals surface area contributed by atoms with Gasteiger partial charge < -0.3 is 65.9 Å². The molecule has 2 heterocycles. The third-order valence-electron chi connectivity index (χ3n) is 16.5. The molecule has 0 fully saturated rings. The fraction of sp³-hybridized carbons (Fsp3) is 0.473. The monoisotopic (exact) mass is 1350 g/mol. The van der Waals surface area contributed by atoms with Gasteiger partial charge in [0.15, 0.2) is 0 Å². The van der Waals surface area contributed by atoms with Crippen LogP contribution in [0.4, 0.5) is 4.79 Å². The van der Waals surface area contributed by atoms with Crippen LogP contribution < -0.4 is 42.5 Å². The first-order valence-electron chi connectivity index (χ1n) is 33.3. The number of benzene rings is 4. The van der Waals surface area contributed by atoms with E-state index in [9.17, 15) is 28.8 Å². The lowest BCUT2D eigenvalue weighted by Crippen LogP contribution is -2.63. The number of ether oxygens (including phenoxy) is 3. The molecule has 8 amide bonds. The predicted molar refractivity (Wildman–Crippen MR) is 371 cm³/mol. The lowest BCUT2D eigenvalue weighted by molar-refractivity contribution is -0.147. The lowest BCUT2D eigenvalue weighted by atomic mass is 9.77. The predicted octanol–water partition coefficient (Wildman–Crippen LogP) is 6.53. The first-order valence-corrected chi connectivity index (χ1v) is 33.3. The minimum Gasteiger partial charge on any atom is -0.467 e. The van der Waals surface area contributed by atoms with Gasteiger partial charge in [0.2, 0.25) is 41.4 Å². The van der Waals surface area contributed by atoms with E-state index in [4.69, 9.17) is 19.2 Å². The lowest BCUT2D eigenvalue weighted by Gasteiger charge is -2.37. The largest absolute Gasteiger partial charge is 0.467 e. The van der Waals surface area contributed by atoms with Crippen LogP contribution in [0.3, 0.4) is 0 Å². The van der Waals surface area contributed by atoms with Crippen LogP contribution in [0.15, 0.2) is 146 Å². The minimum absolute atomic E-state index is 0.0972. The Morgan fingerprint density at radius 1 is 0.459 bits per heavy atom. The number of carbonyl (C=O) groups excluding carboxylic acids is 9. The summed E-state index contributed by atoms with van der Waals surface area (Å²) in [4.78, 5) is 139. The van der Waals surface area contributed by atoms with Crippen LogP contribution in [0, 0.1) is 17.8 Å². The van der Waals surface area contributed by atoms with Gasteiger partial charge >= 0.3 is 12.1 Å². The Hall–Kier alpha value is -9.71. The maximum Gasteiger partial charge on any atom is 0.408 e. The molecule has 0 unspecified atom stereocenters. The molecule has 528 valence electrons. The molecule has 0 aliphatic rings. The summed E-state index contributed by atoms with van der Waals surface area (Å²) >= 11 is 0. The number of imidazole rings is 2. The summed E-state index contributed by atoms with van der Waals surface area (Å²) in [6.45, 7) is 23.8. The van der Waals surface area contributed by atoms with Gasteiger partial charge in [-0.25, -0.2) is 19.6 Å². The molecule has 0 saturated carbocycles. The van der Waals surface area contributed by atoms with Crippen LogP contribution in [0.25, 0.3) is 0 Å². The number of esters is 1. The first-order chi connectivity index (χ1) is 46.2. The maximum atomic E-state index is 15.6. The number of nitrogens with one attached hydrogen (secondary N) is 8. The van der Waals surface area contributed by atoms with Crippen LogP contribution in [0.5, 0.6) is 0 Å². The van der Waals surface area contributed by atoms with Crippen molar-refractivity contribution in [1.29, 1.82) is 0 Å². The smallest absolute Gasteiger partial charge is 0.408 e. The number of aryl methyl sites for hydroxylation is 1. The Balaban J connectivity index is 1.40. The topological polar surface area (TPSA) is 313 Å². The zero-order valence-electron chi connectivity index (χ0n) is 59.3. The number of aromatic nitrogens is 4. The van der Waals surface area contributed by atoms with Crippen molar-refractivity contribution in [3.05, 3.63) is 180 Å². The Labute approximate surface area is 575 Å². The number of alkyl carbamates (subject to hydrolysis) is 1. The van der Waals surface area contributed by atoms with Gasteiger partial charge in [-0.15, -0.1) is 0 Å². The number of rotatable bonds is 32. The van der Waals surface area contributed by atoms with Gasteiger partial charge in [0.05, 0.1) is 42.9 Å². The molecule has 0 bridgehead atoms. The van der Waals surface area contributed by atoms with Gasteiger partial charge in [-0.05, 0) is 95.4 Å². The summed E-state index contributed by atoms with van der Waals surface area (Å²) in [5.74, 6) is -7.64. The van der Waals surface area contributed by atoms with E-state index in [1.165, 1.54) is 14.0 Å². The molecule has 8 N–H and O–H groups in total. The van der Waals surface area contributed by atoms with E-state index < -0.39 is 136 Å². The summed E-state index contributed by atoms with van der Waals surface area (Å²) < 4.78 is 20.4. The van der Waals surface area contributed by atoms with Crippen LogP contribution in [0.2, 0.25) is 0 Å². The molecule has 2 aromatic heterocycles. The van der Waals surface area contributed by atoms with E-state index >= 15 is 14.4 Å². The molecule has 0 aliphatic carbocycles. The Morgan fingerprint density at radius 2 is 0.867 bits per heavy atom. The average molecular weight is 1350 g/mol. The SMILES string of the molecule is CC[C@H](C)[C@H](NC(=O)[C@H](C)NC(=O)[C@H](NC(=O)[C@@H](Cc1ccccc1)NC(=O)[C@H](Cc1cn(C(c2ccccc2)(c2ccccc2)c2ccccc2)cn1)NC(=O)[C@H](NC(=O)[C@@H](NC(=O)[C@H](Cc1cn(C)cn1)NC(=O)OC(C)(C)C)[C@@H](C)OC(C)(C)C)C(C)C)C(C)C)C(=O)OC. The molecule has 10 atom stereocenters. The molecule has 24 nitrogen and oxygen atoms in total. The van der Waals surface area contributed by atoms with E-state index in [-0.39, 0.29) is 25.2 Å². The highest BCUT2D eigenvalue weighted by molar-refractivity contribution is 5.98. The summed E-state index contributed by atoms with van der Waals surface area (Å²) in [6, 6.07) is 27.9. The number of hydrogen-bond acceptors (Lipinski definition) is 14. The number of nitrogens with zero attached hydrogens (tertiary/aromatic N) is 4. The second-order valence-electron chi connectivity index (χ2n) is 27.5. The summed E-state index contributed by atoms with van der Waals surface area (Å²) in [5, 5.41) is 22.3. The molecule has 0 spiro atoms. The Bertz CT molecular complexity index is 3530. The van der Waals surface area contributed by atoms with E-state index in [0.29, 0.717) is 23.4 Å². The molecule has 6 aromatic rings. The Morgan fingerprint density at radius 3 is 1.33 bits per heavy atom. The molecule has 4 aromatic carbocycles. The average Bonchev–Trinajstić information content (AvgIpc) is 1.70. The van der Waals surface area contributed by atoms with Gasteiger partial charge in [0, 0.05) is 38.7 Å². The fourth-order valence-electron chi connectivity index (χ4n) is 11.4. The van der Waals surface area contributed by atoms with E-state index in [0.717, 1.165) is 16.7 Å². The normalized spacial score (nSPS) is 14.9. The molecule has 6 rings (SSSR count). The van der Waals surface area contributed by atoms with Gasteiger partial charge in [0.25, 0.3) is 0 Å². The van der Waals surface area contributed by atoms with Gasteiger partial charge in [-0.3, -0.25) is 33.6 Å². The molecular weight excluding hydrogens is 1250 g/mol. The summed E-state index contributed by atoms with van der Waals surface area (Å²) in [6.07, 6.45) is 4.81. The molecule has 0 aliphatic heterocycles. The number of carbonyl (C=O) groups is 9. The zero-order chi connectivity index (χ0) is 72.2. The minimum atomic E-state index is -1.53. The third kappa shape index (κ3) is 21.6. The number of hydrogen-bond donors (Lipinski definition) is 8. The zero-order valence-corrected chi connectivity index (χ0v) is 59.3. The molecule has 98 heavy (non-hydrogen) atoms. The van der Waals surface area contributed by atoms with Crippen molar-refractivity contribution in [1.82, 2.24) is 61.6 Å². The highest BCUT2D eigenvalue weighted by Crippen LogP contribution is 2.41. The van der Waals surface area contributed by atoms with Crippen molar-refractivity contribution >= 4 is 53.4 Å². The summed E-state index contributed by atoms with van der Waals surface area (Å²) in [5.41, 5.74) is 1.25. The molecular formula is C74H100N12O12. The van der Waals surface area contributed by atoms with E-state index in [1.54, 1.807) is 150 Å². The van der Waals surface area contributed by atoms with Crippen LogP contribution in [-0.2, 0) is 84.4 Å². The second-order valence-corrected chi connectivity index (χ2v) is 27.5. The molecule has 0 radical (unpaired) electrons.